The van der Waals surface area contributed by atoms with Crippen LogP contribution < -0.4 is 28.7 Å². The maximum absolute atomic E-state index is 6.21. The van der Waals surface area contributed by atoms with Gasteiger partial charge < -0.3 is 38.2 Å². The third-order valence-corrected chi connectivity index (χ3v) is 7.92. The van der Waals surface area contributed by atoms with Crippen LogP contribution in [0.3, 0.4) is 0 Å². The summed E-state index contributed by atoms with van der Waals surface area (Å²) < 4.78 is 34.9. The molecule has 2 fully saturated rings. The van der Waals surface area contributed by atoms with Crippen LogP contribution >= 0.6 is 0 Å². The maximum Gasteiger partial charge on any atom is 0.268 e. The standard InChI is InChI=1S/C31H31N5O6/c1-18-15-36(16-19(2)40-18)31-33-28-22(29(34-31)35-9-11-37-12-10-35)5-6-23(32-28)20-3-8-25-27(13-20)42-30(41-25)21-4-7-24-26(14-21)39-17-38-24/h3-8,13-14,18-19,30H,9-12,15-17H2,1-2H3. The van der Waals surface area contributed by atoms with Gasteiger partial charge in [0.25, 0.3) is 6.29 Å². The molecular formula is C31H31N5O6. The van der Waals surface area contributed by atoms with Crippen molar-refractivity contribution in [2.24, 2.45) is 0 Å². The van der Waals surface area contributed by atoms with Crippen molar-refractivity contribution in [2.45, 2.75) is 32.3 Å². The molecule has 2 aromatic heterocycles. The van der Waals surface area contributed by atoms with Crippen LogP contribution in [0.5, 0.6) is 23.0 Å². The Bertz CT molecular complexity index is 1650. The van der Waals surface area contributed by atoms with E-state index in [9.17, 15) is 0 Å². The summed E-state index contributed by atoms with van der Waals surface area (Å²) in [7, 11) is 0. The molecule has 3 atom stereocenters. The minimum atomic E-state index is -0.570. The number of aromatic nitrogens is 3. The van der Waals surface area contributed by atoms with Crippen LogP contribution in [-0.4, -0.2) is 73.3 Å². The van der Waals surface area contributed by atoms with E-state index < -0.39 is 6.29 Å². The van der Waals surface area contributed by atoms with Gasteiger partial charge in [-0.05, 0) is 62.4 Å². The molecule has 2 aromatic carbocycles. The summed E-state index contributed by atoms with van der Waals surface area (Å²) in [5.41, 5.74) is 3.21. The number of morpholine rings is 2. The number of rotatable bonds is 4. The van der Waals surface area contributed by atoms with Gasteiger partial charge in [0.1, 0.15) is 5.82 Å². The van der Waals surface area contributed by atoms with Gasteiger partial charge in [-0.2, -0.15) is 9.97 Å². The van der Waals surface area contributed by atoms with Gasteiger partial charge in [-0.3, -0.25) is 0 Å². The number of fused-ring (bicyclic) bond motifs is 3. The number of nitrogens with zero attached hydrogens (tertiary/aromatic N) is 5. The van der Waals surface area contributed by atoms with Gasteiger partial charge >= 0.3 is 0 Å². The average molecular weight is 570 g/mol. The quantitative estimate of drug-likeness (QED) is 0.351. The Hall–Kier alpha value is -4.35. The van der Waals surface area contributed by atoms with E-state index in [1.807, 2.05) is 42.5 Å². The molecule has 11 heteroatoms. The molecule has 0 bridgehead atoms. The minimum absolute atomic E-state index is 0.0919. The monoisotopic (exact) mass is 569 g/mol. The van der Waals surface area contributed by atoms with Gasteiger partial charge in [-0.25, -0.2) is 4.98 Å². The zero-order chi connectivity index (χ0) is 28.2. The van der Waals surface area contributed by atoms with Crippen molar-refractivity contribution < 1.29 is 28.4 Å². The molecule has 0 spiro atoms. The second kappa shape index (κ2) is 10.2. The first-order valence-corrected chi connectivity index (χ1v) is 14.4. The Labute approximate surface area is 242 Å². The fourth-order valence-electron chi connectivity index (χ4n) is 5.95. The van der Waals surface area contributed by atoms with Crippen molar-refractivity contribution in [3.05, 3.63) is 54.1 Å². The molecule has 0 aliphatic carbocycles. The van der Waals surface area contributed by atoms with Gasteiger partial charge in [0.2, 0.25) is 12.7 Å². The van der Waals surface area contributed by atoms with Gasteiger partial charge in [-0.15, -0.1) is 0 Å². The first kappa shape index (κ1) is 25.4. The molecule has 6 heterocycles. The van der Waals surface area contributed by atoms with Crippen LogP contribution in [0.1, 0.15) is 25.7 Å². The van der Waals surface area contributed by atoms with Crippen LogP contribution in [0.4, 0.5) is 11.8 Å². The number of anilines is 2. The van der Waals surface area contributed by atoms with Gasteiger partial charge in [-0.1, -0.05) is 0 Å². The minimum Gasteiger partial charge on any atom is -0.454 e. The highest BCUT2D eigenvalue weighted by atomic mass is 16.7. The molecular weight excluding hydrogens is 538 g/mol. The molecule has 0 amide bonds. The van der Waals surface area contributed by atoms with E-state index in [0.29, 0.717) is 42.1 Å². The third-order valence-electron chi connectivity index (χ3n) is 7.92. The van der Waals surface area contributed by atoms with Crippen LogP contribution in [0, 0.1) is 0 Å². The fourth-order valence-corrected chi connectivity index (χ4v) is 5.95. The molecule has 2 saturated heterocycles. The van der Waals surface area contributed by atoms with Gasteiger partial charge in [0, 0.05) is 37.3 Å². The molecule has 42 heavy (non-hydrogen) atoms. The van der Waals surface area contributed by atoms with E-state index in [-0.39, 0.29) is 19.0 Å². The Morgan fingerprint density at radius 2 is 1.52 bits per heavy atom. The fraction of sp³-hybridized carbons (Fsp3) is 0.387. The van der Waals surface area contributed by atoms with Crippen LogP contribution in [0.25, 0.3) is 22.3 Å². The van der Waals surface area contributed by atoms with Crippen molar-refractivity contribution in [3.63, 3.8) is 0 Å². The number of ether oxygens (including phenoxy) is 6. The Balaban J connectivity index is 1.13. The Morgan fingerprint density at radius 1 is 0.738 bits per heavy atom. The molecule has 0 radical (unpaired) electrons. The highest BCUT2D eigenvalue weighted by Crippen LogP contribution is 2.44. The van der Waals surface area contributed by atoms with Crippen LogP contribution in [0.2, 0.25) is 0 Å². The van der Waals surface area contributed by atoms with Gasteiger partial charge in [0.05, 0.1) is 36.5 Å². The second-order valence-electron chi connectivity index (χ2n) is 11.0. The second-order valence-corrected chi connectivity index (χ2v) is 11.0. The molecule has 11 nitrogen and oxygen atoms in total. The topological polar surface area (TPSA) is 101 Å². The number of hydrogen-bond donors (Lipinski definition) is 0. The first-order chi connectivity index (χ1) is 20.6. The molecule has 4 aliphatic rings. The highest BCUT2D eigenvalue weighted by Gasteiger charge is 2.29. The van der Waals surface area contributed by atoms with E-state index >= 15 is 0 Å². The zero-order valence-corrected chi connectivity index (χ0v) is 23.5. The summed E-state index contributed by atoms with van der Waals surface area (Å²) in [5, 5.41) is 0.919. The van der Waals surface area contributed by atoms with Crippen LogP contribution in [-0.2, 0) is 9.47 Å². The molecule has 216 valence electrons. The summed E-state index contributed by atoms with van der Waals surface area (Å²) >= 11 is 0. The summed E-state index contributed by atoms with van der Waals surface area (Å²) in [6, 6.07) is 15.7. The van der Waals surface area contributed by atoms with E-state index in [1.165, 1.54) is 0 Å². The zero-order valence-electron chi connectivity index (χ0n) is 23.5. The van der Waals surface area contributed by atoms with Crippen molar-refractivity contribution in [2.75, 3.05) is 56.0 Å². The smallest absolute Gasteiger partial charge is 0.268 e. The number of pyridine rings is 1. The number of benzene rings is 2. The molecule has 4 aliphatic heterocycles. The molecule has 0 saturated carbocycles. The van der Waals surface area contributed by atoms with Crippen molar-refractivity contribution >= 4 is 22.8 Å². The Kier molecular flexibility index (Phi) is 6.15. The summed E-state index contributed by atoms with van der Waals surface area (Å²) in [6.45, 7) is 8.73. The lowest BCUT2D eigenvalue weighted by molar-refractivity contribution is -0.00570. The highest BCUT2D eigenvalue weighted by molar-refractivity contribution is 5.90. The van der Waals surface area contributed by atoms with E-state index in [2.05, 4.69) is 29.7 Å². The normalized spacial score (nSPS) is 23.0. The van der Waals surface area contributed by atoms with Crippen molar-refractivity contribution in [3.8, 4) is 34.3 Å². The lowest BCUT2D eigenvalue weighted by Gasteiger charge is -2.36. The largest absolute Gasteiger partial charge is 0.454 e. The van der Waals surface area contributed by atoms with Crippen molar-refractivity contribution in [1.29, 1.82) is 0 Å². The maximum atomic E-state index is 6.21. The molecule has 3 unspecified atom stereocenters. The number of hydrogen-bond acceptors (Lipinski definition) is 11. The molecule has 0 N–H and O–H groups in total. The van der Waals surface area contributed by atoms with Crippen molar-refractivity contribution in [1.82, 2.24) is 15.0 Å². The average Bonchev–Trinajstić information content (AvgIpc) is 3.66. The predicted molar refractivity (Wildman–Crippen MR) is 155 cm³/mol. The lowest BCUT2D eigenvalue weighted by atomic mass is 10.1. The lowest BCUT2D eigenvalue weighted by Crippen LogP contribution is -2.46. The van der Waals surface area contributed by atoms with E-state index in [0.717, 1.165) is 60.0 Å². The SMILES string of the molecule is CC1CN(c2nc(N3CCOCC3)c3ccc(-c4ccc5c(c4)OC(c4ccc6c(c4)OCO6)O5)nc3n2)CC(C)O1. The summed E-state index contributed by atoms with van der Waals surface area (Å²) in [5.74, 6) is 4.31. The predicted octanol–water partition coefficient (Wildman–Crippen LogP) is 4.34. The summed E-state index contributed by atoms with van der Waals surface area (Å²) in [4.78, 5) is 19.5. The van der Waals surface area contributed by atoms with Crippen LogP contribution in [0.15, 0.2) is 48.5 Å². The summed E-state index contributed by atoms with van der Waals surface area (Å²) in [6.07, 6.45) is -0.386. The van der Waals surface area contributed by atoms with E-state index in [4.69, 9.17) is 43.4 Å². The molecule has 4 aromatic rings. The Morgan fingerprint density at radius 3 is 2.38 bits per heavy atom. The van der Waals surface area contributed by atoms with E-state index in [1.54, 1.807) is 0 Å². The first-order valence-electron chi connectivity index (χ1n) is 14.4. The molecule has 8 rings (SSSR count). The van der Waals surface area contributed by atoms with Gasteiger partial charge in [0.15, 0.2) is 28.6 Å². The third kappa shape index (κ3) is 4.58.